The highest BCUT2D eigenvalue weighted by Gasteiger charge is 2.50. The van der Waals surface area contributed by atoms with Crippen LogP contribution in [0.3, 0.4) is 0 Å². The van der Waals surface area contributed by atoms with Crippen LogP contribution in [0.4, 0.5) is 4.79 Å². The molecule has 2 fully saturated rings. The van der Waals surface area contributed by atoms with Crippen molar-refractivity contribution in [2.45, 2.75) is 45.6 Å². The van der Waals surface area contributed by atoms with E-state index in [1.807, 2.05) is 92.7 Å². The first-order valence-corrected chi connectivity index (χ1v) is 14.4. The molecular formula is C33H39N5O4. The summed E-state index contributed by atoms with van der Waals surface area (Å²) in [6.07, 6.45) is -0.275. The van der Waals surface area contributed by atoms with E-state index in [2.05, 4.69) is 5.32 Å². The van der Waals surface area contributed by atoms with Gasteiger partial charge < -0.3 is 19.9 Å². The average Bonchev–Trinajstić information content (AvgIpc) is 2.98. The summed E-state index contributed by atoms with van der Waals surface area (Å²) in [7, 11) is 1.73. The number of carbonyl (C=O) groups excluding carboxylic acids is 3. The number of carbonyl (C=O) groups is 3. The number of nitrogens with one attached hydrogen (secondary N) is 1. The van der Waals surface area contributed by atoms with Gasteiger partial charge in [0.25, 0.3) is 0 Å². The van der Waals surface area contributed by atoms with E-state index in [0.717, 1.165) is 22.3 Å². The molecule has 0 unspecified atom stereocenters. The summed E-state index contributed by atoms with van der Waals surface area (Å²) in [6, 6.07) is 24.8. The molecule has 0 aliphatic carbocycles. The smallest absolute Gasteiger partial charge is 0.334 e. The molecule has 1 N–H and O–H groups in total. The fourth-order valence-corrected chi connectivity index (χ4v) is 5.56. The average molecular weight is 570 g/mol. The summed E-state index contributed by atoms with van der Waals surface area (Å²) < 4.78 is 5.94. The second-order valence-electron chi connectivity index (χ2n) is 11.1. The van der Waals surface area contributed by atoms with E-state index in [4.69, 9.17) is 4.74 Å². The topological polar surface area (TPSA) is 85.4 Å². The molecule has 4 amide bonds. The van der Waals surface area contributed by atoms with Crippen molar-refractivity contribution in [3.8, 4) is 0 Å². The Hall–Kier alpha value is -4.21. The standard InChI is InChI=1S/C33H39N5O4/c1-24-9-13-26(14-10-24)19-29-32(40)36(17-18-42-23-28-15-11-25(2)12-16-28)21-30-37(29)31(39)22-35(3)38(30)33(41)34-20-27-7-5-4-6-8-27/h4-16,29-30H,17-23H2,1-3H3,(H,34,41)/t29-,30-/m0/s1. The number of likely N-dealkylation sites (N-methyl/N-ethyl adjacent to an activating group) is 1. The van der Waals surface area contributed by atoms with Crippen LogP contribution in [0.5, 0.6) is 0 Å². The van der Waals surface area contributed by atoms with Gasteiger partial charge in [-0.3, -0.25) is 9.59 Å². The zero-order valence-corrected chi connectivity index (χ0v) is 24.5. The van der Waals surface area contributed by atoms with E-state index in [1.54, 1.807) is 26.9 Å². The van der Waals surface area contributed by atoms with Crippen LogP contribution in [-0.2, 0) is 33.9 Å². The molecule has 2 aliphatic rings. The Morgan fingerprint density at radius 3 is 2.19 bits per heavy atom. The monoisotopic (exact) mass is 569 g/mol. The van der Waals surface area contributed by atoms with Crippen molar-refractivity contribution in [3.05, 3.63) is 107 Å². The van der Waals surface area contributed by atoms with Crippen molar-refractivity contribution in [3.63, 3.8) is 0 Å². The highest BCUT2D eigenvalue weighted by Crippen LogP contribution is 2.28. The van der Waals surface area contributed by atoms with Crippen molar-refractivity contribution in [1.82, 2.24) is 25.1 Å². The van der Waals surface area contributed by atoms with Gasteiger partial charge in [0.2, 0.25) is 11.8 Å². The Kier molecular flexibility index (Phi) is 9.19. The lowest BCUT2D eigenvalue weighted by Crippen LogP contribution is -2.76. The summed E-state index contributed by atoms with van der Waals surface area (Å²) in [5.74, 6) is -0.302. The maximum absolute atomic E-state index is 13.9. The van der Waals surface area contributed by atoms with Crippen molar-refractivity contribution < 1.29 is 19.1 Å². The summed E-state index contributed by atoms with van der Waals surface area (Å²) in [5, 5.41) is 6.23. The number of hydrazine groups is 1. The third-order valence-electron chi connectivity index (χ3n) is 7.88. The zero-order valence-electron chi connectivity index (χ0n) is 24.5. The number of rotatable bonds is 9. The summed E-state index contributed by atoms with van der Waals surface area (Å²) >= 11 is 0. The number of hydrogen-bond donors (Lipinski definition) is 1. The van der Waals surface area contributed by atoms with Gasteiger partial charge in [0.1, 0.15) is 12.2 Å². The Labute approximate surface area is 247 Å². The zero-order chi connectivity index (χ0) is 29.6. The van der Waals surface area contributed by atoms with Gasteiger partial charge in [-0.1, -0.05) is 90.0 Å². The van der Waals surface area contributed by atoms with Crippen LogP contribution in [0.2, 0.25) is 0 Å². The molecule has 3 aromatic carbocycles. The molecule has 5 rings (SSSR count). The van der Waals surface area contributed by atoms with Crippen LogP contribution in [0.15, 0.2) is 78.9 Å². The quantitative estimate of drug-likeness (QED) is 0.399. The van der Waals surface area contributed by atoms with E-state index in [9.17, 15) is 14.4 Å². The van der Waals surface area contributed by atoms with Crippen LogP contribution >= 0.6 is 0 Å². The molecule has 2 atom stereocenters. The lowest BCUT2D eigenvalue weighted by molar-refractivity contribution is -0.187. The largest absolute Gasteiger partial charge is 0.375 e. The number of fused-ring (bicyclic) bond motifs is 1. The van der Waals surface area contributed by atoms with Gasteiger partial charge in [-0.25, -0.2) is 14.8 Å². The Morgan fingerprint density at radius 2 is 1.52 bits per heavy atom. The maximum atomic E-state index is 13.9. The molecule has 3 aromatic rings. The summed E-state index contributed by atoms with van der Waals surface area (Å²) in [6.45, 7) is 5.76. The molecule has 220 valence electrons. The summed E-state index contributed by atoms with van der Waals surface area (Å²) in [4.78, 5) is 44.3. The minimum Gasteiger partial charge on any atom is -0.375 e. The number of hydrogen-bond acceptors (Lipinski definition) is 5. The second-order valence-corrected chi connectivity index (χ2v) is 11.1. The second kappa shape index (κ2) is 13.2. The molecule has 2 aliphatic heterocycles. The normalized spacial score (nSPS) is 19.2. The lowest BCUT2D eigenvalue weighted by Gasteiger charge is -2.54. The van der Waals surface area contributed by atoms with Crippen molar-refractivity contribution in [2.24, 2.45) is 0 Å². The number of aryl methyl sites for hydroxylation is 2. The van der Waals surface area contributed by atoms with E-state index in [1.165, 1.54) is 5.56 Å². The number of nitrogens with zero attached hydrogens (tertiary/aromatic N) is 4. The molecule has 0 aromatic heterocycles. The lowest BCUT2D eigenvalue weighted by atomic mass is 9.98. The fraction of sp³-hybridized carbons (Fsp3) is 0.364. The van der Waals surface area contributed by atoms with Gasteiger partial charge >= 0.3 is 6.03 Å². The Bertz CT molecular complexity index is 1380. The maximum Gasteiger partial charge on any atom is 0.334 e. The van der Waals surface area contributed by atoms with Crippen molar-refractivity contribution >= 4 is 17.8 Å². The van der Waals surface area contributed by atoms with Gasteiger partial charge in [0.15, 0.2) is 0 Å². The van der Waals surface area contributed by atoms with Crippen LogP contribution in [0.25, 0.3) is 0 Å². The van der Waals surface area contributed by atoms with Crippen LogP contribution < -0.4 is 5.32 Å². The van der Waals surface area contributed by atoms with Crippen LogP contribution in [0, 0.1) is 13.8 Å². The Balaban J connectivity index is 1.35. The van der Waals surface area contributed by atoms with Gasteiger partial charge in [0, 0.05) is 26.6 Å². The highest BCUT2D eigenvalue weighted by molar-refractivity contribution is 5.91. The molecule has 0 spiro atoms. The number of benzene rings is 3. The van der Waals surface area contributed by atoms with Gasteiger partial charge in [-0.2, -0.15) is 0 Å². The SMILES string of the molecule is Cc1ccc(COCCN2C[C@H]3N(C(=O)CN(C)N3C(=O)NCc3ccccc3)[C@@H](Cc3ccc(C)cc3)C2=O)cc1. The van der Waals surface area contributed by atoms with Crippen LogP contribution in [-0.4, -0.2) is 83.2 Å². The van der Waals surface area contributed by atoms with Crippen molar-refractivity contribution in [1.29, 1.82) is 0 Å². The third-order valence-corrected chi connectivity index (χ3v) is 7.88. The van der Waals surface area contributed by atoms with E-state index >= 15 is 0 Å². The number of urea groups is 1. The van der Waals surface area contributed by atoms with Gasteiger partial charge in [-0.15, -0.1) is 0 Å². The van der Waals surface area contributed by atoms with E-state index in [-0.39, 0.29) is 30.9 Å². The molecule has 0 radical (unpaired) electrons. The molecule has 0 bridgehead atoms. The number of piperazine rings is 1. The fourth-order valence-electron chi connectivity index (χ4n) is 5.56. The Morgan fingerprint density at radius 1 is 0.881 bits per heavy atom. The van der Waals surface area contributed by atoms with Gasteiger partial charge in [-0.05, 0) is 30.5 Å². The predicted octanol–water partition coefficient (Wildman–Crippen LogP) is 3.50. The summed E-state index contributed by atoms with van der Waals surface area (Å²) in [5.41, 5.74) is 5.31. The van der Waals surface area contributed by atoms with E-state index in [0.29, 0.717) is 32.7 Å². The minimum absolute atomic E-state index is 0.00654. The predicted molar refractivity (Wildman–Crippen MR) is 160 cm³/mol. The third kappa shape index (κ3) is 6.80. The first-order valence-electron chi connectivity index (χ1n) is 14.4. The number of amides is 4. The molecule has 2 heterocycles. The molecule has 0 saturated carbocycles. The molecule has 2 saturated heterocycles. The molecule has 9 heteroatoms. The molecule has 42 heavy (non-hydrogen) atoms. The first-order chi connectivity index (χ1) is 20.3. The molecule has 9 nitrogen and oxygen atoms in total. The molecular weight excluding hydrogens is 530 g/mol. The number of ether oxygens (including phenoxy) is 1. The van der Waals surface area contributed by atoms with Gasteiger partial charge in [0.05, 0.1) is 26.3 Å². The highest BCUT2D eigenvalue weighted by atomic mass is 16.5. The first kappa shape index (κ1) is 29.3. The van der Waals surface area contributed by atoms with Crippen LogP contribution in [0.1, 0.15) is 27.8 Å². The minimum atomic E-state index is -0.728. The van der Waals surface area contributed by atoms with Crippen molar-refractivity contribution in [2.75, 3.05) is 33.3 Å². The van der Waals surface area contributed by atoms with E-state index < -0.39 is 12.2 Å².